The van der Waals surface area contributed by atoms with Gasteiger partial charge in [-0.2, -0.15) is 4.98 Å². The largest absolute Gasteiger partial charge is 0.473 e. The fraction of sp³-hybridized carbons (Fsp3) is 0.158. The Morgan fingerprint density at radius 1 is 1.16 bits per heavy atom. The number of aromatic nitrogens is 2. The van der Waals surface area contributed by atoms with Gasteiger partial charge in [-0.25, -0.2) is 10.8 Å². The molecule has 3 rings (SSSR count). The van der Waals surface area contributed by atoms with Gasteiger partial charge in [-0.15, -0.1) is 0 Å². The standard InChI is InChI=1S/C19H19ClN4O/c1-13-5-3-8-17(24(2)21)16(13)12-25-18-9-10-22-19(23-18)14-6-4-7-15(20)11-14/h3-11H,12,21H2,1-2H3. The number of anilines is 1. The minimum absolute atomic E-state index is 0.371. The van der Waals surface area contributed by atoms with Crippen molar-refractivity contribution in [3.63, 3.8) is 0 Å². The van der Waals surface area contributed by atoms with Crippen LogP contribution in [0.25, 0.3) is 11.4 Å². The van der Waals surface area contributed by atoms with Crippen molar-refractivity contribution in [1.29, 1.82) is 0 Å². The summed E-state index contributed by atoms with van der Waals surface area (Å²) in [5, 5.41) is 2.23. The third-order valence-electron chi connectivity index (χ3n) is 3.84. The van der Waals surface area contributed by atoms with Gasteiger partial charge in [0.15, 0.2) is 5.82 Å². The van der Waals surface area contributed by atoms with Crippen LogP contribution in [0.15, 0.2) is 54.7 Å². The first kappa shape index (κ1) is 17.2. The van der Waals surface area contributed by atoms with Gasteiger partial charge in [-0.05, 0) is 30.7 Å². The first-order chi connectivity index (χ1) is 12.0. The van der Waals surface area contributed by atoms with Gasteiger partial charge in [-0.3, -0.25) is 0 Å². The maximum absolute atomic E-state index is 6.04. The highest BCUT2D eigenvalue weighted by Gasteiger charge is 2.10. The zero-order valence-electron chi connectivity index (χ0n) is 14.1. The van der Waals surface area contributed by atoms with E-state index in [0.717, 1.165) is 22.4 Å². The Kier molecular flexibility index (Phi) is 5.16. The van der Waals surface area contributed by atoms with Gasteiger partial charge in [-0.1, -0.05) is 35.9 Å². The Bertz CT molecular complexity index is 883. The molecule has 0 radical (unpaired) electrons. The Labute approximate surface area is 152 Å². The molecule has 1 heterocycles. The van der Waals surface area contributed by atoms with Crippen molar-refractivity contribution in [3.05, 3.63) is 70.9 Å². The van der Waals surface area contributed by atoms with E-state index in [-0.39, 0.29) is 0 Å². The quantitative estimate of drug-likeness (QED) is 0.554. The van der Waals surface area contributed by atoms with Gasteiger partial charge < -0.3 is 9.75 Å². The fourth-order valence-electron chi connectivity index (χ4n) is 2.54. The molecule has 128 valence electrons. The van der Waals surface area contributed by atoms with E-state index in [0.29, 0.717) is 23.3 Å². The number of ether oxygens (including phenoxy) is 1. The summed E-state index contributed by atoms with van der Waals surface area (Å²) in [6, 6.07) is 15.1. The Balaban J connectivity index is 1.82. The van der Waals surface area contributed by atoms with E-state index >= 15 is 0 Å². The number of hydrazine groups is 1. The normalized spacial score (nSPS) is 10.6. The van der Waals surface area contributed by atoms with E-state index in [2.05, 4.69) is 9.97 Å². The predicted octanol–water partition coefficient (Wildman–Crippen LogP) is 3.99. The van der Waals surface area contributed by atoms with Crippen LogP contribution in [0.3, 0.4) is 0 Å². The molecule has 0 unspecified atom stereocenters. The summed E-state index contributed by atoms with van der Waals surface area (Å²) in [5.41, 5.74) is 3.90. The second-order valence-electron chi connectivity index (χ2n) is 5.70. The maximum atomic E-state index is 6.04. The summed E-state index contributed by atoms with van der Waals surface area (Å²) in [7, 11) is 1.81. The lowest BCUT2D eigenvalue weighted by Gasteiger charge is -2.19. The molecule has 0 bridgehead atoms. The number of rotatable bonds is 5. The Morgan fingerprint density at radius 2 is 1.96 bits per heavy atom. The molecule has 0 spiro atoms. The lowest BCUT2D eigenvalue weighted by atomic mass is 10.1. The summed E-state index contributed by atoms with van der Waals surface area (Å²) in [6.45, 7) is 2.40. The topological polar surface area (TPSA) is 64.3 Å². The summed E-state index contributed by atoms with van der Waals surface area (Å²) in [6.07, 6.45) is 1.67. The SMILES string of the molecule is Cc1cccc(N(C)N)c1COc1ccnc(-c2cccc(Cl)c2)n1. The van der Waals surface area contributed by atoms with E-state index in [4.69, 9.17) is 22.2 Å². The average molecular weight is 355 g/mol. The molecule has 25 heavy (non-hydrogen) atoms. The van der Waals surface area contributed by atoms with Gasteiger partial charge >= 0.3 is 0 Å². The van der Waals surface area contributed by atoms with Crippen molar-refractivity contribution in [2.45, 2.75) is 13.5 Å². The molecular weight excluding hydrogens is 336 g/mol. The lowest BCUT2D eigenvalue weighted by molar-refractivity contribution is 0.293. The van der Waals surface area contributed by atoms with Crippen molar-refractivity contribution < 1.29 is 4.74 Å². The molecule has 0 atom stereocenters. The first-order valence-electron chi connectivity index (χ1n) is 7.83. The molecule has 0 aliphatic rings. The first-order valence-corrected chi connectivity index (χ1v) is 8.21. The summed E-state index contributed by atoms with van der Waals surface area (Å²) < 4.78 is 5.89. The molecule has 0 amide bonds. The van der Waals surface area contributed by atoms with Crippen LogP contribution < -0.4 is 15.6 Å². The average Bonchev–Trinajstić information content (AvgIpc) is 2.60. The van der Waals surface area contributed by atoms with Crippen molar-refractivity contribution >= 4 is 17.3 Å². The minimum Gasteiger partial charge on any atom is -0.473 e. The second-order valence-corrected chi connectivity index (χ2v) is 6.14. The number of nitrogens with zero attached hydrogens (tertiary/aromatic N) is 3. The summed E-state index contributed by atoms with van der Waals surface area (Å²) in [5.74, 6) is 6.98. The number of nitrogens with two attached hydrogens (primary N) is 1. The molecule has 0 saturated heterocycles. The highest BCUT2D eigenvalue weighted by atomic mass is 35.5. The van der Waals surface area contributed by atoms with E-state index in [1.807, 2.05) is 49.4 Å². The Morgan fingerprint density at radius 3 is 2.72 bits per heavy atom. The van der Waals surface area contributed by atoms with Crippen LogP contribution >= 0.6 is 11.6 Å². The van der Waals surface area contributed by atoms with Crippen molar-refractivity contribution in [2.75, 3.05) is 12.1 Å². The van der Waals surface area contributed by atoms with Crippen LogP contribution in [0.2, 0.25) is 5.02 Å². The molecule has 0 aliphatic heterocycles. The zero-order chi connectivity index (χ0) is 17.8. The van der Waals surface area contributed by atoms with Crippen LogP contribution in [0.4, 0.5) is 5.69 Å². The molecule has 2 N–H and O–H groups in total. The predicted molar refractivity (Wildman–Crippen MR) is 101 cm³/mol. The van der Waals surface area contributed by atoms with Crippen molar-refractivity contribution in [3.8, 4) is 17.3 Å². The molecule has 3 aromatic rings. The number of halogens is 1. The minimum atomic E-state index is 0.371. The third kappa shape index (κ3) is 4.07. The number of hydrogen-bond donors (Lipinski definition) is 1. The highest BCUT2D eigenvalue weighted by Crippen LogP contribution is 2.24. The molecule has 5 nitrogen and oxygen atoms in total. The van der Waals surface area contributed by atoms with Crippen LogP contribution in [0, 0.1) is 6.92 Å². The van der Waals surface area contributed by atoms with E-state index in [1.54, 1.807) is 24.3 Å². The second kappa shape index (κ2) is 7.51. The zero-order valence-corrected chi connectivity index (χ0v) is 14.9. The smallest absolute Gasteiger partial charge is 0.217 e. The lowest BCUT2D eigenvalue weighted by Crippen LogP contribution is -2.26. The summed E-state index contributed by atoms with van der Waals surface area (Å²) in [4.78, 5) is 8.76. The van der Waals surface area contributed by atoms with Gasteiger partial charge in [0, 0.05) is 35.5 Å². The molecule has 1 aromatic heterocycles. The van der Waals surface area contributed by atoms with E-state index < -0.39 is 0 Å². The van der Waals surface area contributed by atoms with Crippen LogP contribution in [-0.2, 0) is 6.61 Å². The van der Waals surface area contributed by atoms with Crippen LogP contribution in [0.5, 0.6) is 5.88 Å². The van der Waals surface area contributed by atoms with Gasteiger partial charge in [0.05, 0.1) is 5.69 Å². The van der Waals surface area contributed by atoms with Gasteiger partial charge in [0.1, 0.15) is 6.61 Å². The molecule has 0 saturated carbocycles. The molecule has 6 heteroatoms. The van der Waals surface area contributed by atoms with E-state index in [1.165, 1.54) is 0 Å². The van der Waals surface area contributed by atoms with Gasteiger partial charge in [0.2, 0.25) is 5.88 Å². The maximum Gasteiger partial charge on any atom is 0.217 e. The monoisotopic (exact) mass is 354 g/mol. The Hall–Kier alpha value is -2.63. The third-order valence-corrected chi connectivity index (χ3v) is 4.08. The van der Waals surface area contributed by atoms with Crippen LogP contribution in [0.1, 0.15) is 11.1 Å². The summed E-state index contributed by atoms with van der Waals surface area (Å²) >= 11 is 6.04. The van der Waals surface area contributed by atoms with Crippen molar-refractivity contribution in [2.24, 2.45) is 5.84 Å². The number of hydrogen-bond acceptors (Lipinski definition) is 5. The molecule has 2 aromatic carbocycles. The fourth-order valence-corrected chi connectivity index (χ4v) is 2.73. The van der Waals surface area contributed by atoms with Gasteiger partial charge in [0.25, 0.3) is 0 Å². The highest BCUT2D eigenvalue weighted by molar-refractivity contribution is 6.30. The molecule has 0 fully saturated rings. The van der Waals surface area contributed by atoms with Crippen molar-refractivity contribution in [1.82, 2.24) is 9.97 Å². The number of benzene rings is 2. The molecular formula is C19H19ClN4O. The number of aryl methyl sites for hydroxylation is 1. The van der Waals surface area contributed by atoms with Crippen LogP contribution in [-0.4, -0.2) is 17.0 Å². The molecule has 0 aliphatic carbocycles. The van der Waals surface area contributed by atoms with E-state index in [9.17, 15) is 0 Å².